The van der Waals surface area contributed by atoms with Crippen LogP contribution < -0.4 is 9.64 Å². The molecule has 0 aromatic heterocycles. The van der Waals surface area contributed by atoms with Crippen LogP contribution in [0.25, 0.3) is 0 Å². The van der Waals surface area contributed by atoms with Gasteiger partial charge >= 0.3 is 0 Å². The molecule has 6 nitrogen and oxygen atoms in total. The Morgan fingerprint density at radius 1 is 1.00 bits per heavy atom. The minimum absolute atomic E-state index is 0.0417. The lowest BCUT2D eigenvalue weighted by molar-refractivity contribution is -0.902. The van der Waals surface area contributed by atoms with Gasteiger partial charge in [0.15, 0.2) is 0 Å². The van der Waals surface area contributed by atoms with Crippen LogP contribution in [0.1, 0.15) is 45.9 Å². The summed E-state index contributed by atoms with van der Waals surface area (Å²) in [6.07, 6.45) is 0. The monoisotopic (exact) mass is 502 g/mol. The van der Waals surface area contributed by atoms with Crippen LogP contribution >= 0.6 is 0 Å². The third-order valence-electron chi connectivity index (χ3n) is 7.71. The Hall–Kier alpha value is -3.71. The summed E-state index contributed by atoms with van der Waals surface area (Å²) in [4.78, 5) is 33.4. The summed E-state index contributed by atoms with van der Waals surface area (Å²) < 4.78 is 19.0. The van der Waals surface area contributed by atoms with Crippen molar-refractivity contribution in [1.29, 1.82) is 0 Å². The number of amides is 2. The van der Waals surface area contributed by atoms with E-state index in [4.69, 9.17) is 4.74 Å². The molecule has 3 aromatic carbocycles. The van der Waals surface area contributed by atoms with Crippen LogP contribution in [-0.2, 0) is 11.3 Å². The van der Waals surface area contributed by atoms with Crippen molar-refractivity contribution >= 4 is 11.8 Å². The first kappa shape index (κ1) is 25.0. The quantitative estimate of drug-likeness (QED) is 0.564. The Morgan fingerprint density at radius 2 is 1.68 bits per heavy atom. The number of quaternary nitrogens is 1. The van der Waals surface area contributed by atoms with Crippen molar-refractivity contribution in [1.82, 2.24) is 9.80 Å². The minimum atomic E-state index is -0.550. The number of methoxy groups -OCH3 is 1. The standard InChI is InChI=1S/C30H32FN3O3/c1-3-32-16-18-33(19-17-32)30(36)27-25-6-4-5-7-26(25)29(35)34(20-21-8-12-23(31)13-9-21)28(27)22-10-14-24(37-2)15-11-22/h4-15,27-28H,3,16-20H2,1-2H3/p+1. The molecule has 3 aromatic rings. The fourth-order valence-electron chi connectivity index (χ4n) is 5.59. The number of carbonyl (C=O) groups is 2. The number of likely N-dealkylation sites (N-methyl/N-ethyl adjacent to an activating group) is 1. The highest BCUT2D eigenvalue weighted by Crippen LogP contribution is 2.44. The number of hydrogen-bond acceptors (Lipinski definition) is 3. The molecule has 7 heteroatoms. The molecule has 192 valence electrons. The molecule has 2 amide bonds. The highest BCUT2D eigenvalue weighted by atomic mass is 19.1. The molecule has 0 saturated carbocycles. The summed E-state index contributed by atoms with van der Waals surface area (Å²) in [7, 11) is 1.61. The van der Waals surface area contributed by atoms with E-state index in [2.05, 4.69) is 6.92 Å². The summed E-state index contributed by atoms with van der Waals surface area (Å²) in [5.41, 5.74) is 2.98. The van der Waals surface area contributed by atoms with E-state index in [0.29, 0.717) is 24.4 Å². The van der Waals surface area contributed by atoms with Crippen LogP contribution in [0.15, 0.2) is 72.8 Å². The third kappa shape index (κ3) is 4.96. The molecule has 0 bridgehead atoms. The van der Waals surface area contributed by atoms with E-state index in [1.807, 2.05) is 47.4 Å². The Balaban J connectivity index is 1.60. The van der Waals surface area contributed by atoms with Crippen molar-refractivity contribution in [3.8, 4) is 5.75 Å². The van der Waals surface area contributed by atoms with Crippen molar-refractivity contribution in [2.24, 2.45) is 0 Å². The van der Waals surface area contributed by atoms with Gasteiger partial charge in [0, 0.05) is 12.1 Å². The number of piperazine rings is 1. The second-order valence-corrected chi connectivity index (χ2v) is 9.77. The van der Waals surface area contributed by atoms with Gasteiger partial charge < -0.3 is 19.4 Å². The number of hydrogen-bond donors (Lipinski definition) is 1. The maximum absolute atomic E-state index is 14.3. The molecule has 37 heavy (non-hydrogen) atoms. The molecule has 5 rings (SSSR count). The Labute approximate surface area is 217 Å². The number of halogens is 1. The molecule has 2 heterocycles. The van der Waals surface area contributed by atoms with E-state index in [1.165, 1.54) is 17.0 Å². The van der Waals surface area contributed by atoms with Crippen LogP contribution in [0, 0.1) is 5.82 Å². The van der Waals surface area contributed by atoms with Crippen LogP contribution in [-0.4, -0.2) is 61.4 Å². The van der Waals surface area contributed by atoms with Gasteiger partial charge in [-0.1, -0.05) is 42.5 Å². The topological polar surface area (TPSA) is 54.3 Å². The molecule has 1 N–H and O–H groups in total. The predicted molar refractivity (Wildman–Crippen MR) is 139 cm³/mol. The van der Waals surface area contributed by atoms with E-state index in [9.17, 15) is 14.0 Å². The smallest absolute Gasteiger partial charge is 0.255 e. The first-order valence-electron chi connectivity index (χ1n) is 12.9. The third-order valence-corrected chi connectivity index (χ3v) is 7.71. The molecule has 2 aliphatic rings. The van der Waals surface area contributed by atoms with Crippen LogP contribution in [0.4, 0.5) is 4.39 Å². The molecule has 0 aliphatic carbocycles. The SMILES string of the molecule is CC[NH+]1CCN(C(=O)C2c3ccccc3C(=O)N(Cc3ccc(F)cc3)C2c2ccc(OC)cc2)CC1. The van der Waals surface area contributed by atoms with Gasteiger partial charge in [0.2, 0.25) is 5.91 Å². The second-order valence-electron chi connectivity index (χ2n) is 9.77. The average Bonchev–Trinajstić information content (AvgIpc) is 2.95. The first-order valence-corrected chi connectivity index (χ1v) is 12.9. The molecule has 0 radical (unpaired) electrons. The van der Waals surface area contributed by atoms with Crippen LogP contribution in [0.2, 0.25) is 0 Å². The maximum atomic E-state index is 14.3. The van der Waals surface area contributed by atoms with Gasteiger partial charge in [-0.3, -0.25) is 9.59 Å². The Kier molecular flexibility index (Phi) is 7.24. The summed E-state index contributed by atoms with van der Waals surface area (Å²) in [5.74, 6) is -0.263. The average molecular weight is 503 g/mol. The maximum Gasteiger partial charge on any atom is 0.255 e. The van der Waals surface area contributed by atoms with E-state index < -0.39 is 12.0 Å². The highest BCUT2D eigenvalue weighted by molar-refractivity contribution is 6.01. The summed E-state index contributed by atoms with van der Waals surface area (Å²) in [6.45, 7) is 6.71. The normalized spacial score (nSPS) is 20.0. The van der Waals surface area contributed by atoms with Crippen molar-refractivity contribution in [2.75, 3.05) is 39.8 Å². The number of benzene rings is 3. The summed E-state index contributed by atoms with van der Waals surface area (Å²) >= 11 is 0. The minimum Gasteiger partial charge on any atom is -0.497 e. The zero-order valence-corrected chi connectivity index (χ0v) is 21.3. The zero-order valence-electron chi connectivity index (χ0n) is 21.3. The molecule has 0 spiro atoms. The molecule has 1 fully saturated rings. The van der Waals surface area contributed by atoms with E-state index in [0.717, 1.165) is 36.3 Å². The lowest BCUT2D eigenvalue weighted by Crippen LogP contribution is -3.14. The lowest BCUT2D eigenvalue weighted by atomic mass is 9.78. The molecule has 2 unspecified atom stereocenters. The van der Waals surface area contributed by atoms with Crippen molar-refractivity contribution in [3.05, 3.63) is 101 Å². The van der Waals surface area contributed by atoms with Crippen molar-refractivity contribution in [2.45, 2.75) is 25.4 Å². The summed E-state index contributed by atoms with van der Waals surface area (Å²) in [5, 5.41) is 0. The largest absolute Gasteiger partial charge is 0.497 e. The van der Waals surface area contributed by atoms with E-state index >= 15 is 0 Å². The van der Waals surface area contributed by atoms with Crippen molar-refractivity contribution in [3.63, 3.8) is 0 Å². The zero-order chi connectivity index (χ0) is 25.9. The second kappa shape index (κ2) is 10.7. The van der Waals surface area contributed by atoms with Gasteiger partial charge in [0.25, 0.3) is 5.91 Å². The summed E-state index contributed by atoms with van der Waals surface area (Å²) in [6, 6.07) is 20.7. The number of rotatable bonds is 6. The van der Waals surface area contributed by atoms with Crippen LogP contribution in [0.5, 0.6) is 5.75 Å². The van der Waals surface area contributed by atoms with E-state index in [1.54, 1.807) is 30.2 Å². The van der Waals surface area contributed by atoms with Gasteiger partial charge in [0.05, 0.1) is 51.8 Å². The van der Waals surface area contributed by atoms with Crippen LogP contribution in [0.3, 0.4) is 0 Å². The fourth-order valence-corrected chi connectivity index (χ4v) is 5.59. The molecule has 1 saturated heterocycles. The molecule has 2 atom stereocenters. The van der Waals surface area contributed by atoms with Gasteiger partial charge in [0.1, 0.15) is 11.6 Å². The number of nitrogens with one attached hydrogen (secondary N) is 1. The number of fused-ring (bicyclic) bond motifs is 1. The van der Waals surface area contributed by atoms with Gasteiger partial charge in [-0.15, -0.1) is 0 Å². The fraction of sp³-hybridized carbons (Fsp3) is 0.333. The highest BCUT2D eigenvalue weighted by Gasteiger charge is 2.46. The number of ether oxygens (including phenoxy) is 1. The van der Waals surface area contributed by atoms with Gasteiger partial charge in [-0.05, 0) is 53.9 Å². The predicted octanol–water partition coefficient (Wildman–Crippen LogP) is 3.06. The van der Waals surface area contributed by atoms with Gasteiger partial charge in [-0.2, -0.15) is 0 Å². The molecular weight excluding hydrogens is 469 g/mol. The number of nitrogens with zero attached hydrogens (tertiary/aromatic N) is 2. The van der Waals surface area contributed by atoms with Gasteiger partial charge in [-0.25, -0.2) is 4.39 Å². The molecule has 2 aliphatic heterocycles. The molecular formula is C30H33FN3O3+. The number of carbonyl (C=O) groups excluding carboxylic acids is 2. The van der Waals surface area contributed by atoms with Crippen molar-refractivity contribution < 1.29 is 23.6 Å². The lowest BCUT2D eigenvalue weighted by Gasteiger charge is -2.44. The Bertz CT molecular complexity index is 1250. The van der Waals surface area contributed by atoms with E-state index in [-0.39, 0.29) is 24.2 Å². The first-order chi connectivity index (χ1) is 18.0. The Morgan fingerprint density at radius 3 is 2.32 bits per heavy atom.